The summed E-state index contributed by atoms with van der Waals surface area (Å²) in [6.07, 6.45) is -0.458. The molecule has 5 nitrogen and oxygen atoms in total. The first-order chi connectivity index (χ1) is 12.2. The van der Waals surface area contributed by atoms with Crippen molar-refractivity contribution in [3.8, 4) is 0 Å². The number of benzene rings is 2. The van der Waals surface area contributed by atoms with Crippen LogP contribution in [0.5, 0.6) is 0 Å². The van der Waals surface area contributed by atoms with Crippen molar-refractivity contribution in [2.75, 3.05) is 7.05 Å². The number of alkyl carbamates (subject to hydrolysis) is 1. The molecule has 2 aromatic rings. The second kappa shape index (κ2) is 8.52. The molecule has 0 aromatic heterocycles. The van der Waals surface area contributed by atoms with Gasteiger partial charge < -0.3 is 15.0 Å². The quantitative estimate of drug-likeness (QED) is 0.883. The third-order valence-electron chi connectivity index (χ3n) is 3.65. The molecule has 0 fully saturated rings. The van der Waals surface area contributed by atoms with Crippen LogP contribution in [0.3, 0.4) is 0 Å². The van der Waals surface area contributed by atoms with Gasteiger partial charge in [-0.05, 0) is 44.0 Å². The summed E-state index contributed by atoms with van der Waals surface area (Å²) >= 11 is 0. The zero-order valence-electron chi connectivity index (χ0n) is 15.8. The van der Waals surface area contributed by atoms with Crippen molar-refractivity contribution < 1.29 is 14.3 Å². The zero-order chi connectivity index (χ0) is 19.2. The lowest BCUT2D eigenvalue weighted by Crippen LogP contribution is -2.32. The number of hydrogen-bond acceptors (Lipinski definition) is 3. The normalized spacial score (nSPS) is 10.9. The molecule has 0 radical (unpaired) electrons. The van der Waals surface area contributed by atoms with Crippen molar-refractivity contribution in [2.24, 2.45) is 0 Å². The highest BCUT2D eigenvalue weighted by molar-refractivity contribution is 5.94. The van der Waals surface area contributed by atoms with Crippen molar-refractivity contribution in [1.29, 1.82) is 0 Å². The van der Waals surface area contributed by atoms with Crippen LogP contribution in [0.15, 0.2) is 54.6 Å². The summed E-state index contributed by atoms with van der Waals surface area (Å²) in [6.45, 7) is 6.36. The Labute approximate surface area is 155 Å². The third kappa shape index (κ3) is 6.24. The highest BCUT2D eigenvalue weighted by atomic mass is 16.6. The van der Waals surface area contributed by atoms with Gasteiger partial charge in [0.15, 0.2) is 0 Å². The van der Waals surface area contributed by atoms with Crippen LogP contribution in [0.1, 0.15) is 42.3 Å². The van der Waals surface area contributed by atoms with Gasteiger partial charge in [0.2, 0.25) is 0 Å². The van der Waals surface area contributed by atoms with E-state index in [1.807, 2.05) is 63.2 Å². The van der Waals surface area contributed by atoms with Gasteiger partial charge in [0.05, 0.1) is 0 Å². The van der Waals surface area contributed by atoms with Crippen LogP contribution in [0.4, 0.5) is 4.79 Å². The van der Waals surface area contributed by atoms with Crippen LogP contribution in [0, 0.1) is 0 Å². The number of rotatable bonds is 5. The van der Waals surface area contributed by atoms with E-state index in [1.54, 1.807) is 24.1 Å². The molecule has 0 aliphatic carbocycles. The van der Waals surface area contributed by atoms with E-state index in [2.05, 4.69) is 5.32 Å². The first kappa shape index (κ1) is 19.5. The van der Waals surface area contributed by atoms with Crippen molar-refractivity contribution in [3.63, 3.8) is 0 Å². The average molecular weight is 354 g/mol. The zero-order valence-corrected chi connectivity index (χ0v) is 15.8. The minimum absolute atomic E-state index is 0.0412. The molecule has 0 heterocycles. The fraction of sp³-hybridized carbons (Fsp3) is 0.333. The number of carbonyl (C=O) groups excluding carboxylic acids is 2. The molecule has 26 heavy (non-hydrogen) atoms. The van der Waals surface area contributed by atoms with Gasteiger partial charge in [-0.15, -0.1) is 0 Å². The summed E-state index contributed by atoms with van der Waals surface area (Å²) in [6, 6.07) is 17.1. The monoisotopic (exact) mass is 354 g/mol. The predicted molar refractivity (Wildman–Crippen MR) is 102 cm³/mol. The average Bonchev–Trinajstić information content (AvgIpc) is 2.59. The Hall–Kier alpha value is -2.82. The number of nitrogens with zero attached hydrogens (tertiary/aromatic N) is 1. The Morgan fingerprint density at radius 2 is 1.58 bits per heavy atom. The van der Waals surface area contributed by atoms with Gasteiger partial charge in [-0.25, -0.2) is 4.79 Å². The van der Waals surface area contributed by atoms with E-state index in [0.29, 0.717) is 18.7 Å². The van der Waals surface area contributed by atoms with Crippen LogP contribution in [-0.4, -0.2) is 29.5 Å². The van der Waals surface area contributed by atoms with Gasteiger partial charge in [-0.3, -0.25) is 4.79 Å². The summed E-state index contributed by atoms with van der Waals surface area (Å²) < 4.78 is 5.20. The van der Waals surface area contributed by atoms with Crippen LogP contribution in [0.25, 0.3) is 0 Å². The molecule has 0 atom stereocenters. The van der Waals surface area contributed by atoms with Gasteiger partial charge >= 0.3 is 6.09 Å². The first-order valence-electron chi connectivity index (χ1n) is 8.60. The first-order valence-corrected chi connectivity index (χ1v) is 8.60. The maximum absolute atomic E-state index is 12.5. The molecule has 5 heteroatoms. The summed E-state index contributed by atoms with van der Waals surface area (Å²) in [5, 5.41) is 2.70. The van der Waals surface area contributed by atoms with Crippen molar-refractivity contribution in [2.45, 2.75) is 39.5 Å². The molecule has 2 rings (SSSR count). The maximum atomic E-state index is 12.5. The Kier molecular flexibility index (Phi) is 6.39. The van der Waals surface area contributed by atoms with Crippen molar-refractivity contribution in [3.05, 3.63) is 71.3 Å². The van der Waals surface area contributed by atoms with Gasteiger partial charge in [0.1, 0.15) is 5.60 Å². The lowest BCUT2D eigenvalue weighted by Gasteiger charge is -2.20. The van der Waals surface area contributed by atoms with E-state index in [4.69, 9.17) is 4.74 Å². The number of amides is 2. The second-order valence-electron chi connectivity index (χ2n) is 7.20. The third-order valence-corrected chi connectivity index (χ3v) is 3.65. The van der Waals surface area contributed by atoms with E-state index in [9.17, 15) is 9.59 Å². The number of hydrogen-bond donors (Lipinski definition) is 1. The molecular weight excluding hydrogens is 328 g/mol. The van der Waals surface area contributed by atoms with Crippen LogP contribution in [-0.2, 0) is 17.8 Å². The van der Waals surface area contributed by atoms with Gasteiger partial charge in [0.25, 0.3) is 5.91 Å². The molecule has 0 saturated heterocycles. The highest BCUT2D eigenvalue weighted by Crippen LogP contribution is 2.11. The fourth-order valence-electron chi connectivity index (χ4n) is 2.40. The molecule has 1 N–H and O–H groups in total. The van der Waals surface area contributed by atoms with E-state index in [0.717, 1.165) is 11.1 Å². The molecule has 2 aromatic carbocycles. The summed E-state index contributed by atoms with van der Waals surface area (Å²) in [5.74, 6) is -0.0412. The van der Waals surface area contributed by atoms with Crippen LogP contribution in [0.2, 0.25) is 0 Å². The molecule has 0 bridgehead atoms. The lowest BCUT2D eigenvalue weighted by molar-refractivity contribution is 0.0523. The van der Waals surface area contributed by atoms with Crippen LogP contribution >= 0.6 is 0 Å². The number of ether oxygens (including phenoxy) is 1. The molecule has 138 valence electrons. The highest BCUT2D eigenvalue weighted by Gasteiger charge is 2.16. The molecule has 0 unspecified atom stereocenters. The van der Waals surface area contributed by atoms with Crippen LogP contribution < -0.4 is 5.32 Å². The second-order valence-corrected chi connectivity index (χ2v) is 7.20. The standard InChI is InChI=1S/C21H26N2O3/c1-21(2,3)26-20(25)22-14-16-10-12-18(13-11-16)19(24)23(4)15-17-8-6-5-7-9-17/h5-13H,14-15H2,1-4H3,(H,22,25). The molecule has 0 saturated carbocycles. The minimum Gasteiger partial charge on any atom is -0.444 e. The van der Waals surface area contributed by atoms with E-state index >= 15 is 0 Å². The molecule has 2 amide bonds. The summed E-state index contributed by atoms with van der Waals surface area (Å²) in [7, 11) is 1.79. The SMILES string of the molecule is CN(Cc1ccccc1)C(=O)c1ccc(CNC(=O)OC(C)(C)C)cc1. The van der Waals surface area contributed by atoms with Crippen molar-refractivity contribution >= 4 is 12.0 Å². The van der Waals surface area contributed by atoms with Gasteiger partial charge in [-0.2, -0.15) is 0 Å². The largest absolute Gasteiger partial charge is 0.444 e. The van der Waals surface area contributed by atoms with E-state index < -0.39 is 11.7 Å². The molecule has 0 aliphatic rings. The number of carbonyl (C=O) groups is 2. The number of nitrogens with one attached hydrogen (secondary N) is 1. The Balaban J connectivity index is 1.90. The summed E-state index contributed by atoms with van der Waals surface area (Å²) in [5.41, 5.74) is 2.08. The van der Waals surface area contributed by atoms with E-state index in [-0.39, 0.29) is 5.91 Å². The molecule has 0 spiro atoms. The predicted octanol–water partition coefficient (Wildman–Crippen LogP) is 3.98. The molecular formula is C21H26N2O3. The Bertz CT molecular complexity index is 734. The van der Waals surface area contributed by atoms with Crippen molar-refractivity contribution in [1.82, 2.24) is 10.2 Å². The summed E-state index contributed by atoms with van der Waals surface area (Å²) in [4.78, 5) is 25.9. The smallest absolute Gasteiger partial charge is 0.407 e. The molecule has 0 aliphatic heterocycles. The van der Waals surface area contributed by atoms with Gasteiger partial charge in [-0.1, -0.05) is 42.5 Å². The fourth-order valence-corrected chi connectivity index (χ4v) is 2.40. The topological polar surface area (TPSA) is 58.6 Å². The Morgan fingerprint density at radius 1 is 0.962 bits per heavy atom. The van der Waals surface area contributed by atoms with Gasteiger partial charge in [0, 0.05) is 25.7 Å². The van der Waals surface area contributed by atoms with E-state index in [1.165, 1.54) is 0 Å². The minimum atomic E-state index is -0.524. The Morgan fingerprint density at radius 3 is 2.15 bits per heavy atom. The maximum Gasteiger partial charge on any atom is 0.407 e. The lowest BCUT2D eigenvalue weighted by atomic mass is 10.1.